The predicted octanol–water partition coefficient (Wildman–Crippen LogP) is 5.08. The van der Waals surface area contributed by atoms with Crippen LogP contribution < -0.4 is 4.90 Å². The third kappa shape index (κ3) is 3.14. The van der Waals surface area contributed by atoms with E-state index in [1.165, 1.54) is 16.3 Å². The maximum atomic E-state index is 5.69. The molecule has 0 bridgehead atoms. The van der Waals surface area contributed by atoms with Crippen LogP contribution in [0.25, 0.3) is 21.7 Å². The average Bonchev–Trinajstić information content (AvgIpc) is 3.23. The Morgan fingerprint density at radius 1 is 1.00 bits per heavy atom. The second-order valence-electron chi connectivity index (χ2n) is 7.73. The number of pyridine rings is 1. The fourth-order valence-corrected chi connectivity index (χ4v) is 4.44. The molecule has 4 nitrogen and oxygen atoms in total. The molecule has 1 aliphatic heterocycles. The summed E-state index contributed by atoms with van der Waals surface area (Å²) in [5, 5.41) is 3.82. The number of piperidine rings is 1. The van der Waals surface area contributed by atoms with Gasteiger partial charge in [-0.25, -0.2) is 4.98 Å². The van der Waals surface area contributed by atoms with Crippen LogP contribution in [0.1, 0.15) is 18.4 Å². The lowest BCUT2D eigenvalue weighted by Gasteiger charge is -2.37. The van der Waals surface area contributed by atoms with Gasteiger partial charge >= 0.3 is 0 Å². The number of aromatic nitrogens is 1. The number of nitrogens with zero attached hydrogens (tertiary/aromatic N) is 3. The zero-order chi connectivity index (χ0) is 18.9. The van der Waals surface area contributed by atoms with Gasteiger partial charge in [-0.2, -0.15) is 0 Å². The molecule has 0 N–H and O–H groups in total. The van der Waals surface area contributed by atoms with E-state index in [0.29, 0.717) is 6.04 Å². The topological polar surface area (TPSA) is 32.5 Å². The summed E-state index contributed by atoms with van der Waals surface area (Å²) < 4.78 is 5.69. The van der Waals surface area contributed by atoms with E-state index in [-0.39, 0.29) is 0 Å². The molecule has 0 aliphatic carbocycles. The van der Waals surface area contributed by atoms with Crippen LogP contribution in [0.4, 0.5) is 5.82 Å². The number of likely N-dealkylation sites (tertiary alicyclic amines) is 1. The standard InChI is InChI=1S/C24H25N3O/c1-26(24-23-19(9-13-25-24)12-16-28-23)21-10-14-27(15-11-21)17-20-7-4-6-18-5-2-3-8-22(18)20/h2-9,12-13,16,21H,10-11,14-15,17H2,1H3. The van der Waals surface area contributed by atoms with Crippen molar-refractivity contribution in [3.8, 4) is 0 Å². The molecule has 0 atom stereocenters. The van der Waals surface area contributed by atoms with Gasteiger partial charge in [-0.05, 0) is 41.3 Å². The summed E-state index contributed by atoms with van der Waals surface area (Å²) >= 11 is 0. The minimum atomic E-state index is 0.493. The second-order valence-corrected chi connectivity index (χ2v) is 7.73. The van der Waals surface area contributed by atoms with Gasteiger partial charge in [-0.3, -0.25) is 4.90 Å². The van der Waals surface area contributed by atoms with Crippen LogP contribution in [0.15, 0.2) is 71.5 Å². The third-order valence-electron chi connectivity index (χ3n) is 6.06. The highest BCUT2D eigenvalue weighted by molar-refractivity contribution is 5.87. The molecule has 3 heterocycles. The first kappa shape index (κ1) is 17.3. The van der Waals surface area contributed by atoms with E-state index in [2.05, 4.69) is 64.3 Å². The van der Waals surface area contributed by atoms with Gasteiger partial charge in [-0.1, -0.05) is 42.5 Å². The van der Waals surface area contributed by atoms with Gasteiger partial charge in [0.1, 0.15) is 0 Å². The predicted molar refractivity (Wildman–Crippen MR) is 115 cm³/mol. The van der Waals surface area contributed by atoms with Crippen molar-refractivity contribution in [3.63, 3.8) is 0 Å². The smallest absolute Gasteiger partial charge is 0.176 e. The maximum Gasteiger partial charge on any atom is 0.176 e. The van der Waals surface area contributed by atoms with Crippen molar-refractivity contribution in [1.29, 1.82) is 0 Å². The Morgan fingerprint density at radius 2 is 1.82 bits per heavy atom. The van der Waals surface area contributed by atoms with Crippen LogP contribution in [-0.4, -0.2) is 36.1 Å². The quantitative estimate of drug-likeness (QED) is 0.501. The lowest BCUT2D eigenvalue weighted by atomic mass is 10.0. The minimum absolute atomic E-state index is 0.493. The third-order valence-corrected chi connectivity index (χ3v) is 6.06. The molecule has 2 aromatic heterocycles. The normalized spacial score (nSPS) is 16.0. The zero-order valence-electron chi connectivity index (χ0n) is 16.2. The van der Waals surface area contributed by atoms with Crippen LogP contribution in [0.2, 0.25) is 0 Å². The Morgan fingerprint density at radius 3 is 2.71 bits per heavy atom. The first-order valence-electron chi connectivity index (χ1n) is 10.0. The molecule has 0 saturated carbocycles. The summed E-state index contributed by atoms with van der Waals surface area (Å²) in [6.45, 7) is 3.22. The fraction of sp³-hybridized carbons (Fsp3) is 0.292. The highest BCUT2D eigenvalue weighted by Gasteiger charge is 2.25. The van der Waals surface area contributed by atoms with Gasteiger partial charge in [0.2, 0.25) is 0 Å². The van der Waals surface area contributed by atoms with Crippen molar-refractivity contribution >= 4 is 27.6 Å². The van der Waals surface area contributed by atoms with E-state index < -0.39 is 0 Å². The Hall–Kier alpha value is -2.85. The molecular weight excluding hydrogens is 346 g/mol. The van der Waals surface area contributed by atoms with Crippen molar-refractivity contribution in [1.82, 2.24) is 9.88 Å². The van der Waals surface area contributed by atoms with Crippen LogP contribution in [0.5, 0.6) is 0 Å². The van der Waals surface area contributed by atoms with Crippen LogP contribution >= 0.6 is 0 Å². The lowest BCUT2D eigenvalue weighted by molar-refractivity contribution is 0.204. The molecule has 1 aliphatic rings. The summed E-state index contributed by atoms with van der Waals surface area (Å²) in [6, 6.07) is 19.8. The molecule has 2 aromatic carbocycles. The molecule has 0 unspecified atom stereocenters. The lowest BCUT2D eigenvalue weighted by Crippen LogP contribution is -2.43. The maximum absolute atomic E-state index is 5.69. The molecule has 4 heteroatoms. The SMILES string of the molecule is CN(c1nccc2ccoc12)C1CCN(Cc2cccc3ccccc23)CC1. The number of fused-ring (bicyclic) bond motifs is 2. The number of hydrogen-bond acceptors (Lipinski definition) is 4. The van der Waals surface area contributed by atoms with E-state index in [1.54, 1.807) is 6.26 Å². The number of hydrogen-bond donors (Lipinski definition) is 0. The highest BCUT2D eigenvalue weighted by atomic mass is 16.3. The Bertz CT molecular complexity index is 1090. The number of anilines is 1. The summed E-state index contributed by atoms with van der Waals surface area (Å²) in [4.78, 5) is 9.48. The molecule has 28 heavy (non-hydrogen) atoms. The molecule has 1 saturated heterocycles. The molecule has 0 spiro atoms. The highest BCUT2D eigenvalue weighted by Crippen LogP contribution is 2.29. The van der Waals surface area contributed by atoms with Gasteiger partial charge < -0.3 is 9.32 Å². The molecule has 0 amide bonds. The first-order chi connectivity index (χ1) is 13.8. The molecular formula is C24H25N3O. The zero-order valence-corrected chi connectivity index (χ0v) is 16.2. The number of rotatable bonds is 4. The summed E-state index contributed by atoms with van der Waals surface area (Å²) in [5.41, 5.74) is 2.31. The Balaban J connectivity index is 1.28. The number of benzene rings is 2. The van der Waals surface area contributed by atoms with Gasteiger partial charge in [0.15, 0.2) is 11.4 Å². The van der Waals surface area contributed by atoms with Crippen molar-refractivity contribution in [2.24, 2.45) is 0 Å². The van der Waals surface area contributed by atoms with Gasteiger partial charge in [-0.15, -0.1) is 0 Å². The van der Waals surface area contributed by atoms with Crippen molar-refractivity contribution in [3.05, 3.63) is 72.6 Å². The van der Waals surface area contributed by atoms with E-state index in [1.807, 2.05) is 18.3 Å². The van der Waals surface area contributed by atoms with Crippen molar-refractivity contribution < 1.29 is 4.42 Å². The van der Waals surface area contributed by atoms with Gasteiger partial charge in [0, 0.05) is 44.3 Å². The van der Waals surface area contributed by atoms with Crippen LogP contribution in [0.3, 0.4) is 0 Å². The van der Waals surface area contributed by atoms with Gasteiger partial charge in [0.25, 0.3) is 0 Å². The summed E-state index contributed by atoms with van der Waals surface area (Å²) in [6.07, 6.45) is 5.90. The van der Waals surface area contributed by atoms with E-state index >= 15 is 0 Å². The molecule has 5 rings (SSSR count). The monoisotopic (exact) mass is 371 g/mol. The molecule has 1 fully saturated rings. The number of furan rings is 1. The molecule has 142 valence electrons. The van der Waals surface area contributed by atoms with Crippen LogP contribution in [-0.2, 0) is 6.54 Å². The van der Waals surface area contributed by atoms with Crippen molar-refractivity contribution in [2.75, 3.05) is 25.0 Å². The van der Waals surface area contributed by atoms with E-state index in [4.69, 9.17) is 4.42 Å². The summed E-state index contributed by atoms with van der Waals surface area (Å²) in [5.74, 6) is 0.954. The van der Waals surface area contributed by atoms with E-state index in [9.17, 15) is 0 Å². The molecule has 4 aromatic rings. The second kappa shape index (κ2) is 7.28. The Kier molecular flexibility index (Phi) is 4.49. The average molecular weight is 371 g/mol. The first-order valence-corrected chi connectivity index (χ1v) is 10.0. The largest absolute Gasteiger partial charge is 0.460 e. The van der Waals surface area contributed by atoms with E-state index in [0.717, 1.165) is 49.3 Å². The minimum Gasteiger partial charge on any atom is -0.460 e. The molecule has 0 radical (unpaired) electrons. The fourth-order valence-electron chi connectivity index (χ4n) is 4.44. The van der Waals surface area contributed by atoms with Crippen molar-refractivity contribution in [2.45, 2.75) is 25.4 Å². The Labute approximate surface area is 165 Å². The van der Waals surface area contributed by atoms with Gasteiger partial charge in [0.05, 0.1) is 6.26 Å². The summed E-state index contributed by atoms with van der Waals surface area (Å²) in [7, 11) is 2.15. The van der Waals surface area contributed by atoms with Crippen LogP contribution in [0, 0.1) is 0 Å².